The maximum absolute atomic E-state index is 11.5. The van der Waals surface area contributed by atoms with Crippen LogP contribution in [-0.4, -0.2) is 18.4 Å². The molecule has 1 fully saturated rings. The summed E-state index contributed by atoms with van der Waals surface area (Å²) in [6, 6.07) is 0. The average Bonchev–Trinajstić information content (AvgIpc) is 2.05. The Bertz CT molecular complexity index is 179. The Hall–Kier alpha value is -0.370. The number of hydrogen-bond donors (Lipinski definition) is 1. The topological polar surface area (TPSA) is 29.1 Å². The van der Waals surface area contributed by atoms with E-state index in [0.29, 0.717) is 11.7 Å². The first-order valence-corrected chi connectivity index (χ1v) is 4.83. The van der Waals surface area contributed by atoms with Gasteiger partial charge < -0.3 is 5.32 Å². The van der Waals surface area contributed by atoms with Crippen molar-refractivity contribution in [2.45, 2.75) is 45.1 Å². The van der Waals surface area contributed by atoms with Crippen molar-refractivity contribution >= 4 is 5.78 Å². The van der Waals surface area contributed by atoms with E-state index in [1.54, 1.807) is 6.92 Å². The number of hydrogen-bond acceptors (Lipinski definition) is 2. The molecule has 0 saturated heterocycles. The van der Waals surface area contributed by atoms with Gasteiger partial charge in [-0.1, -0.05) is 19.8 Å². The van der Waals surface area contributed by atoms with E-state index in [-0.39, 0.29) is 5.54 Å². The molecule has 0 aliphatic heterocycles. The number of carbonyl (C=O) groups excluding carboxylic acids is 1. The van der Waals surface area contributed by atoms with Gasteiger partial charge in [0.1, 0.15) is 5.78 Å². The van der Waals surface area contributed by atoms with E-state index in [4.69, 9.17) is 0 Å². The summed E-state index contributed by atoms with van der Waals surface area (Å²) in [5, 5.41) is 3.22. The molecule has 12 heavy (non-hydrogen) atoms. The number of carbonyl (C=O) groups is 1. The van der Waals surface area contributed by atoms with Crippen molar-refractivity contribution in [2.75, 3.05) is 7.05 Å². The van der Waals surface area contributed by atoms with E-state index in [9.17, 15) is 4.79 Å². The smallest absolute Gasteiger partial charge is 0.150 e. The number of nitrogens with one attached hydrogen (secondary N) is 1. The molecule has 1 N–H and O–H groups in total. The largest absolute Gasteiger partial charge is 0.308 e. The standard InChI is InChI=1S/C10H19NO/c1-8-6-4-5-7-10(8,11-3)9(2)12/h8,11H,4-7H2,1-3H3. The van der Waals surface area contributed by atoms with Crippen LogP contribution in [0.1, 0.15) is 39.5 Å². The highest BCUT2D eigenvalue weighted by atomic mass is 16.1. The Morgan fingerprint density at radius 1 is 1.50 bits per heavy atom. The highest BCUT2D eigenvalue weighted by Crippen LogP contribution is 2.33. The predicted octanol–water partition coefficient (Wildman–Crippen LogP) is 1.74. The fraction of sp³-hybridized carbons (Fsp3) is 0.900. The molecule has 1 aliphatic carbocycles. The summed E-state index contributed by atoms with van der Waals surface area (Å²) in [5.41, 5.74) is -0.210. The Morgan fingerprint density at radius 2 is 2.17 bits per heavy atom. The molecule has 0 heterocycles. The molecule has 2 atom stereocenters. The summed E-state index contributed by atoms with van der Waals surface area (Å²) in [7, 11) is 1.91. The van der Waals surface area contributed by atoms with Crippen LogP contribution in [0.4, 0.5) is 0 Å². The first-order valence-electron chi connectivity index (χ1n) is 4.83. The lowest BCUT2D eigenvalue weighted by atomic mass is 9.71. The van der Waals surface area contributed by atoms with E-state index in [0.717, 1.165) is 6.42 Å². The lowest BCUT2D eigenvalue weighted by molar-refractivity contribution is -0.126. The van der Waals surface area contributed by atoms with Crippen molar-refractivity contribution in [3.63, 3.8) is 0 Å². The molecular formula is C10H19NO. The van der Waals surface area contributed by atoms with Crippen LogP contribution in [0.2, 0.25) is 0 Å². The lowest BCUT2D eigenvalue weighted by Gasteiger charge is -2.40. The zero-order valence-corrected chi connectivity index (χ0v) is 8.31. The van der Waals surface area contributed by atoms with Crippen molar-refractivity contribution in [3.05, 3.63) is 0 Å². The van der Waals surface area contributed by atoms with Crippen LogP contribution in [0.25, 0.3) is 0 Å². The van der Waals surface area contributed by atoms with E-state index < -0.39 is 0 Å². The summed E-state index contributed by atoms with van der Waals surface area (Å²) in [4.78, 5) is 11.5. The first-order chi connectivity index (χ1) is 5.63. The van der Waals surface area contributed by atoms with Crippen LogP contribution in [0.5, 0.6) is 0 Å². The van der Waals surface area contributed by atoms with Gasteiger partial charge in [-0.15, -0.1) is 0 Å². The van der Waals surface area contributed by atoms with Crippen LogP contribution in [0.15, 0.2) is 0 Å². The number of Topliss-reactive ketones (excluding diaryl/α,β-unsaturated/α-hetero) is 1. The highest BCUT2D eigenvalue weighted by Gasteiger charge is 2.40. The van der Waals surface area contributed by atoms with E-state index >= 15 is 0 Å². The van der Waals surface area contributed by atoms with Crippen molar-refractivity contribution in [1.29, 1.82) is 0 Å². The minimum Gasteiger partial charge on any atom is -0.308 e. The number of ketones is 1. The van der Waals surface area contributed by atoms with Crippen molar-refractivity contribution in [2.24, 2.45) is 5.92 Å². The predicted molar refractivity (Wildman–Crippen MR) is 50.1 cm³/mol. The zero-order valence-electron chi connectivity index (χ0n) is 8.31. The molecule has 0 bridgehead atoms. The van der Waals surface area contributed by atoms with Crippen LogP contribution in [0.3, 0.4) is 0 Å². The molecule has 2 heteroatoms. The van der Waals surface area contributed by atoms with Gasteiger partial charge in [0.2, 0.25) is 0 Å². The Labute approximate surface area is 74.7 Å². The van der Waals surface area contributed by atoms with Gasteiger partial charge in [0.25, 0.3) is 0 Å². The first kappa shape index (κ1) is 9.72. The minimum atomic E-state index is -0.210. The second-order valence-corrected chi connectivity index (χ2v) is 3.92. The molecule has 0 spiro atoms. The SMILES string of the molecule is CNC1(C(C)=O)CCCCC1C. The van der Waals surface area contributed by atoms with Gasteiger partial charge in [0, 0.05) is 0 Å². The van der Waals surface area contributed by atoms with Crippen molar-refractivity contribution in [1.82, 2.24) is 5.32 Å². The molecule has 0 aromatic heterocycles. The van der Waals surface area contributed by atoms with Gasteiger partial charge in [-0.2, -0.15) is 0 Å². The molecule has 70 valence electrons. The van der Waals surface area contributed by atoms with Crippen molar-refractivity contribution < 1.29 is 4.79 Å². The third kappa shape index (κ3) is 1.40. The van der Waals surface area contributed by atoms with Gasteiger partial charge in [0.05, 0.1) is 5.54 Å². The summed E-state index contributed by atoms with van der Waals surface area (Å²) >= 11 is 0. The molecular weight excluding hydrogens is 150 g/mol. The quantitative estimate of drug-likeness (QED) is 0.682. The minimum absolute atomic E-state index is 0.210. The molecule has 0 aromatic rings. The average molecular weight is 169 g/mol. The van der Waals surface area contributed by atoms with Gasteiger partial charge in [-0.3, -0.25) is 4.79 Å². The van der Waals surface area contributed by atoms with Gasteiger partial charge in [-0.25, -0.2) is 0 Å². The molecule has 0 radical (unpaired) electrons. The highest BCUT2D eigenvalue weighted by molar-refractivity contribution is 5.86. The van der Waals surface area contributed by atoms with Crippen LogP contribution < -0.4 is 5.32 Å². The Morgan fingerprint density at radius 3 is 2.50 bits per heavy atom. The molecule has 1 saturated carbocycles. The van der Waals surface area contributed by atoms with Crippen LogP contribution in [0, 0.1) is 5.92 Å². The molecule has 0 aromatic carbocycles. The fourth-order valence-corrected chi connectivity index (χ4v) is 2.42. The summed E-state index contributed by atoms with van der Waals surface area (Å²) in [6.07, 6.45) is 4.66. The van der Waals surface area contributed by atoms with Gasteiger partial charge in [-0.05, 0) is 32.7 Å². The zero-order chi connectivity index (χ0) is 9.19. The third-order valence-corrected chi connectivity index (χ3v) is 3.37. The molecule has 2 nitrogen and oxygen atoms in total. The van der Waals surface area contributed by atoms with E-state index in [1.165, 1.54) is 19.3 Å². The number of likely N-dealkylation sites (N-methyl/N-ethyl adjacent to an activating group) is 1. The van der Waals surface area contributed by atoms with E-state index in [1.807, 2.05) is 7.05 Å². The number of rotatable bonds is 2. The maximum Gasteiger partial charge on any atom is 0.150 e. The van der Waals surface area contributed by atoms with Gasteiger partial charge >= 0.3 is 0 Å². The molecule has 2 unspecified atom stereocenters. The fourth-order valence-electron chi connectivity index (χ4n) is 2.42. The maximum atomic E-state index is 11.5. The summed E-state index contributed by atoms with van der Waals surface area (Å²) in [5.74, 6) is 0.797. The Balaban J connectivity index is 2.81. The Kier molecular flexibility index (Phi) is 2.89. The van der Waals surface area contributed by atoms with Crippen LogP contribution in [-0.2, 0) is 4.79 Å². The summed E-state index contributed by atoms with van der Waals surface area (Å²) < 4.78 is 0. The second kappa shape index (κ2) is 3.56. The third-order valence-electron chi connectivity index (χ3n) is 3.37. The summed E-state index contributed by atoms with van der Waals surface area (Å²) in [6.45, 7) is 3.88. The molecule has 1 aliphatic rings. The van der Waals surface area contributed by atoms with Gasteiger partial charge in [0.15, 0.2) is 0 Å². The van der Waals surface area contributed by atoms with E-state index in [2.05, 4.69) is 12.2 Å². The molecule has 0 amide bonds. The lowest BCUT2D eigenvalue weighted by Crippen LogP contribution is -2.55. The monoisotopic (exact) mass is 169 g/mol. The second-order valence-electron chi connectivity index (χ2n) is 3.92. The normalized spacial score (nSPS) is 36.4. The molecule has 1 rings (SSSR count). The van der Waals surface area contributed by atoms with Crippen molar-refractivity contribution in [3.8, 4) is 0 Å². The van der Waals surface area contributed by atoms with Crippen LogP contribution >= 0.6 is 0 Å².